The highest BCUT2D eigenvalue weighted by Crippen LogP contribution is 1.98. The molecule has 0 radical (unpaired) electrons. The second-order valence-corrected chi connectivity index (χ2v) is 3.17. The summed E-state index contributed by atoms with van der Waals surface area (Å²) in [6.45, 7) is -0.556. The zero-order valence-corrected chi connectivity index (χ0v) is 8.79. The van der Waals surface area contributed by atoms with Crippen molar-refractivity contribution in [1.29, 1.82) is 0 Å². The smallest absolute Gasteiger partial charge is 0.320 e. The molecule has 98 valence electrons. The van der Waals surface area contributed by atoms with E-state index in [9.17, 15) is 19.5 Å². The normalized spacial score (nSPS) is 13.9. The Labute approximate surface area is 96.1 Å². The van der Waals surface area contributed by atoms with Crippen molar-refractivity contribution in [2.45, 2.75) is 25.2 Å². The van der Waals surface area contributed by atoms with Crippen molar-refractivity contribution in [3.05, 3.63) is 0 Å². The predicted molar refractivity (Wildman–Crippen MR) is 53.1 cm³/mol. The fraction of sp³-hybridized carbons (Fsp3) is 0.625. The standard InChI is InChI=1S/C8H14N2O7/c11-5(12)2-1-4(7(15)16)10-8(17)9-3-6(13)14/h4,8-10,17H,1-3H2,(H,11,12)(H,13,14)(H,15,16)/t4-,8-/m0/s1. The number of hydrogen-bond donors (Lipinski definition) is 6. The molecule has 0 fully saturated rings. The molecule has 0 unspecified atom stereocenters. The minimum absolute atomic E-state index is 0.226. The Morgan fingerprint density at radius 1 is 1.06 bits per heavy atom. The molecule has 2 atom stereocenters. The fourth-order valence-electron chi connectivity index (χ4n) is 0.979. The number of hydrogen-bond acceptors (Lipinski definition) is 6. The first-order valence-corrected chi connectivity index (χ1v) is 4.67. The number of nitrogens with one attached hydrogen (secondary N) is 2. The predicted octanol–water partition coefficient (Wildman–Crippen LogP) is -2.16. The Bertz CT molecular complexity index is 294. The second-order valence-electron chi connectivity index (χ2n) is 3.17. The van der Waals surface area contributed by atoms with Gasteiger partial charge in [-0.1, -0.05) is 0 Å². The first-order valence-electron chi connectivity index (χ1n) is 4.67. The lowest BCUT2D eigenvalue weighted by atomic mass is 10.1. The quantitative estimate of drug-likeness (QED) is 0.251. The Balaban J connectivity index is 4.10. The molecule has 0 rings (SSSR count). The fourth-order valence-corrected chi connectivity index (χ4v) is 0.979. The van der Waals surface area contributed by atoms with Crippen molar-refractivity contribution < 1.29 is 34.8 Å². The molecular formula is C8H14N2O7. The van der Waals surface area contributed by atoms with Crippen molar-refractivity contribution in [1.82, 2.24) is 10.6 Å². The van der Waals surface area contributed by atoms with Crippen molar-refractivity contribution in [3.8, 4) is 0 Å². The maximum Gasteiger partial charge on any atom is 0.320 e. The molecule has 6 N–H and O–H groups in total. The Kier molecular flexibility index (Phi) is 6.79. The molecule has 0 saturated heterocycles. The van der Waals surface area contributed by atoms with Gasteiger partial charge in [-0.05, 0) is 6.42 Å². The van der Waals surface area contributed by atoms with Gasteiger partial charge < -0.3 is 20.4 Å². The van der Waals surface area contributed by atoms with Crippen molar-refractivity contribution >= 4 is 17.9 Å². The average molecular weight is 250 g/mol. The van der Waals surface area contributed by atoms with E-state index < -0.39 is 36.8 Å². The van der Waals surface area contributed by atoms with Crippen LogP contribution in [0.3, 0.4) is 0 Å². The summed E-state index contributed by atoms with van der Waals surface area (Å²) in [4.78, 5) is 31.1. The van der Waals surface area contributed by atoms with Gasteiger partial charge in [0, 0.05) is 6.42 Å². The van der Waals surface area contributed by atoms with Gasteiger partial charge in [-0.3, -0.25) is 25.0 Å². The van der Waals surface area contributed by atoms with Gasteiger partial charge in [0.25, 0.3) is 0 Å². The van der Waals surface area contributed by atoms with Crippen LogP contribution in [0.5, 0.6) is 0 Å². The summed E-state index contributed by atoms with van der Waals surface area (Å²) in [6, 6.07) is -1.28. The van der Waals surface area contributed by atoms with Crippen LogP contribution >= 0.6 is 0 Å². The monoisotopic (exact) mass is 250 g/mol. The summed E-state index contributed by atoms with van der Waals surface area (Å²) in [5.41, 5.74) is 0. The van der Waals surface area contributed by atoms with Crippen molar-refractivity contribution in [2.24, 2.45) is 0 Å². The molecular weight excluding hydrogens is 236 g/mol. The van der Waals surface area contributed by atoms with E-state index >= 15 is 0 Å². The second kappa shape index (κ2) is 7.54. The third kappa shape index (κ3) is 8.13. The number of carboxylic acid groups (broad SMARTS) is 3. The van der Waals surface area contributed by atoms with Crippen LogP contribution in [0.2, 0.25) is 0 Å². The highest BCUT2D eigenvalue weighted by Gasteiger charge is 2.21. The Morgan fingerprint density at radius 2 is 1.65 bits per heavy atom. The van der Waals surface area contributed by atoms with Gasteiger partial charge in [-0.2, -0.15) is 0 Å². The molecule has 0 heterocycles. The summed E-state index contributed by atoms with van der Waals surface area (Å²) in [6.07, 6.45) is -2.15. The molecule has 0 aliphatic rings. The zero-order chi connectivity index (χ0) is 13.4. The molecule has 0 bridgehead atoms. The largest absolute Gasteiger partial charge is 0.481 e. The highest BCUT2D eigenvalue weighted by molar-refractivity contribution is 5.75. The van der Waals surface area contributed by atoms with Gasteiger partial charge in [0.1, 0.15) is 6.04 Å². The minimum atomic E-state index is -1.54. The molecule has 0 aliphatic carbocycles. The molecule has 17 heavy (non-hydrogen) atoms. The number of carbonyl (C=O) groups is 3. The van der Waals surface area contributed by atoms with Crippen molar-refractivity contribution in [3.63, 3.8) is 0 Å². The van der Waals surface area contributed by atoms with Crippen molar-refractivity contribution in [2.75, 3.05) is 6.54 Å². The third-order valence-corrected chi connectivity index (χ3v) is 1.75. The van der Waals surface area contributed by atoms with Gasteiger partial charge in [0.2, 0.25) is 0 Å². The summed E-state index contributed by atoms with van der Waals surface area (Å²) in [7, 11) is 0. The molecule has 0 aromatic rings. The Hall–Kier alpha value is -1.71. The van der Waals surface area contributed by atoms with Crippen LogP contribution in [0.1, 0.15) is 12.8 Å². The Morgan fingerprint density at radius 3 is 2.06 bits per heavy atom. The van der Waals surface area contributed by atoms with E-state index in [2.05, 4.69) is 10.6 Å². The molecule has 9 nitrogen and oxygen atoms in total. The van der Waals surface area contributed by atoms with Crippen LogP contribution < -0.4 is 10.6 Å². The summed E-state index contributed by atoms with van der Waals surface area (Å²) < 4.78 is 0. The molecule has 0 aliphatic heterocycles. The van der Waals surface area contributed by atoms with Crippen LogP contribution in [0.15, 0.2) is 0 Å². The molecule has 0 spiro atoms. The van der Waals surface area contributed by atoms with Crippen LogP contribution in [-0.2, 0) is 14.4 Å². The number of rotatable bonds is 9. The van der Waals surface area contributed by atoms with E-state index in [4.69, 9.17) is 15.3 Å². The summed E-state index contributed by atoms with van der Waals surface area (Å²) in [5, 5.41) is 38.8. The average Bonchev–Trinajstić information content (AvgIpc) is 2.20. The molecule has 0 amide bonds. The van der Waals surface area contributed by atoms with Crippen LogP contribution in [-0.4, -0.2) is 57.3 Å². The van der Waals surface area contributed by atoms with E-state index in [1.165, 1.54) is 0 Å². The van der Waals surface area contributed by atoms with Gasteiger partial charge in [0.05, 0.1) is 6.54 Å². The minimum Gasteiger partial charge on any atom is -0.481 e. The molecule has 0 saturated carbocycles. The highest BCUT2D eigenvalue weighted by atomic mass is 16.4. The number of aliphatic carboxylic acids is 3. The molecule has 0 aromatic heterocycles. The van der Waals surface area contributed by atoms with Crippen LogP contribution in [0.4, 0.5) is 0 Å². The maximum absolute atomic E-state index is 10.7. The number of aliphatic hydroxyl groups excluding tert-OH is 1. The lowest BCUT2D eigenvalue weighted by Crippen LogP contribution is -2.51. The van der Waals surface area contributed by atoms with E-state index in [0.29, 0.717) is 0 Å². The molecule has 9 heteroatoms. The number of aliphatic hydroxyl groups is 1. The van der Waals surface area contributed by atoms with Gasteiger partial charge in [-0.15, -0.1) is 0 Å². The molecule has 0 aromatic carbocycles. The van der Waals surface area contributed by atoms with Gasteiger partial charge in [-0.25, -0.2) is 0 Å². The summed E-state index contributed by atoms with van der Waals surface area (Å²) >= 11 is 0. The number of carboxylic acids is 3. The third-order valence-electron chi connectivity index (χ3n) is 1.75. The topological polar surface area (TPSA) is 156 Å². The SMILES string of the molecule is O=C(O)CC[C@H](N[C@@H](O)NCC(=O)O)C(=O)O. The van der Waals surface area contributed by atoms with E-state index in [0.717, 1.165) is 0 Å². The summed E-state index contributed by atoms with van der Waals surface area (Å²) in [5.74, 6) is -3.71. The van der Waals surface area contributed by atoms with Gasteiger partial charge in [0.15, 0.2) is 6.35 Å². The van der Waals surface area contributed by atoms with E-state index in [-0.39, 0.29) is 12.8 Å². The van der Waals surface area contributed by atoms with E-state index in [1.54, 1.807) is 0 Å². The van der Waals surface area contributed by atoms with E-state index in [1.807, 2.05) is 0 Å². The lowest BCUT2D eigenvalue weighted by Gasteiger charge is -2.18. The zero-order valence-electron chi connectivity index (χ0n) is 8.79. The van der Waals surface area contributed by atoms with Crippen LogP contribution in [0, 0.1) is 0 Å². The first-order chi connectivity index (χ1) is 7.82. The van der Waals surface area contributed by atoms with Crippen LogP contribution in [0.25, 0.3) is 0 Å². The van der Waals surface area contributed by atoms with Gasteiger partial charge >= 0.3 is 17.9 Å². The maximum atomic E-state index is 10.7. The lowest BCUT2D eigenvalue weighted by molar-refractivity contribution is -0.142. The first kappa shape index (κ1) is 15.3.